The van der Waals surface area contributed by atoms with Crippen LogP contribution in [-0.4, -0.2) is 23.0 Å². The van der Waals surface area contributed by atoms with Crippen molar-refractivity contribution in [2.45, 2.75) is 13.0 Å². The molecule has 0 aliphatic rings. The summed E-state index contributed by atoms with van der Waals surface area (Å²) in [5, 5.41) is 10.7. The van der Waals surface area contributed by atoms with E-state index in [1.807, 2.05) is 0 Å². The highest BCUT2D eigenvalue weighted by molar-refractivity contribution is 6.17. The SMILES string of the molecule is C=CC(O)c1[nH]c2cc(OC)ccc2c1C(=O)C(=C)C. The summed E-state index contributed by atoms with van der Waals surface area (Å²) in [5.41, 5.74) is 2.00. The molecular formula is C16H17NO3. The number of carbonyl (C=O) groups excluding carboxylic acids is 1. The van der Waals surface area contributed by atoms with E-state index < -0.39 is 6.10 Å². The van der Waals surface area contributed by atoms with Crippen molar-refractivity contribution in [3.05, 3.63) is 54.3 Å². The number of Topliss-reactive ketones (excluding diaryl/α,β-unsaturated/α-hetero) is 1. The van der Waals surface area contributed by atoms with E-state index in [0.29, 0.717) is 22.6 Å². The quantitative estimate of drug-likeness (QED) is 0.499. The van der Waals surface area contributed by atoms with Gasteiger partial charge >= 0.3 is 0 Å². The Morgan fingerprint density at radius 2 is 2.20 bits per heavy atom. The highest BCUT2D eigenvalue weighted by Crippen LogP contribution is 2.31. The molecule has 0 aliphatic heterocycles. The molecule has 0 bridgehead atoms. The van der Waals surface area contributed by atoms with Gasteiger partial charge in [0.15, 0.2) is 5.78 Å². The number of aromatic nitrogens is 1. The van der Waals surface area contributed by atoms with Crippen molar-refractivity contribution >= 4 is 16.7 Å². The number of hydrogen-bond donors (Lipinski definition) is 2. The molecule has 0 aliphatic carbocycles. The lowest BCUT2D eigenvalue weighted by Gasteiger charge is -2.07. The molecule has 4 heteroatoms. The van der Waals surface area contributed by atoms with Gasteiger partial charge in [0.25, 0.3) is 0 Å². The number of hydrogen-bond acceptors (Lipinski definition) is 3. The Kier molecular flexibility index (Phi) is 3.77. The lowest BCUT2D eigenvalue weighted by atomic mass is 10.00. The van der Waals surface area contributed by atoms with E-state index in [1.54, 1.807) is 32.2 Å². The number of benzene rings is 1. The number of ether oxygens (including phenoxy) is 1. The molecular weight excluding hydrogens is 254 g/mol. The summed E-state index contributed by atoms with van der Waals surface area (Å²) in [5.74, 6) is 0.477. The van der Waals surface area contributed by atoms with Crippen LogP contribution in [0.1, 0.15) is 29.1 Å². The van der Waals surface area contributed by atoms with Gasteiger partial charge in [-0.3, -0.25) is 4.79 Å². The Morgan fingerprint density at radius 3 is 2.75 bits per heavy atom. The van der Waals surface area contributed by atoms with Gasteiger partial charge in [-0.05, 0) is 24.6 Å². The monoisotopic (exact) mass is 271 g/mol. The molecule has 1 heterocycles. The summed E-state index contributed by atoms with van der Waals surface area (Å²) in [7, 11) is 1.57. The molecule has 0 radical (unpaired) electrons. The number of aliphatic hydroxyl groups is 1. The van der Waals surface area contributed by atoms with Crippen LogP contribution in [-0.2, 0) is 0 Å². The Labute approximate surface area is 117 Å². The Bertz CT molecular complexity index is 697. The molecule has 2 rings (SSSR count). The second-order valence-corrected chi connectivity index (χ2v) is 4.62. The van der Waals surface area contributed by atoms with Crippen LogP contribution in [0, 0.1) is 0 Å². The van der Waals surface area contributed by atoms with Crippen LogP contribution in [0.3, 0.4) is 0 Å². The highest BCUT2D eigenvalue weighted by atomic mass is 16.5. The van der Waals surface area contributed by atoms with E-state index in [1.165, 1.54) is 6.08 Å². The van der Waals surface area contributed by atoms with E-state index >= 15 is 0 Å². The van der Waals surface area contributed by atoms with Crippen molar-refractivity contribution in [3.8, 4) is 5.75 Å². The summed E-state index contributed by atoms with van der Waals surface area (Å²) in [4.78, 5) is 15.4. The lowest BCUT2D eigenvalue weighted by Crippen LogP contribution is -2.05. The van der Waals surface area contributed by atoms with Gasteiger partial charge in [-0.2, -0.15) is 0 Å². The average Bonchev–Trinajstić information content (AvgIpc) is 2.83. The van der Waals surface area contributed by atoms with E-state index in [2.05, 4.69) is 18.1 Å². The van der Waals surface area contributed by atoms with Gasteiger partial charge in [0.05, 0.1) is 23.9 Å². The maximum atomic E-state index is 12.3. The van der Waals surface area contributed by atoms with Crippen molar-refractivity contribution < 1.29 is 14.6 Å². The number of allylic oxidation sites excluding steroid dienone is 1. The second kappa shape index (κ2) is 5.35. The van der Waals surface area contributed by atoms with Gasteiger partial charge < -0.3 is 14.8 Å². The van der Waals surface area contributed by atoms with Crippen molar-refractivity contribution in [1.82, 2.24) is 4.98 Å². The first kappa shape index (κ1) is 14.1. The standard InChI is InChI=1S/C16H17NO3/c1-5-13(18)15-14(16(19)9(2)3)11-7-6-10(20-4)8-12(11)17-15/h5-8,13,17-18H,1-2H2,3-4H3. The molecule has 0 saturated carbocycles. The molecule has 0 fully saturated rings. The lowest BCUT2D eigenvalue weighted by molar-refractivity contribution is 0.103. The minimum atomic E-state index is -0.938. The molecule has 1 aromatic carbocycles. The number of carbonyl (C=O) groups is 1. The van der Waals surface area contributed by atoms with Gasteiger partial charge in [-0.1, -0.05) is 12.7 Å². The van der Waals surface area contributed by atoms with Crippen LogP contribution >= 0.6 is 0 Å². The molecule has 1 unspecified atom stereocenters. The average molecular weight is 271 g/mol. The number of aliphatic hydroxyl groups excluding tert-OH is 1. The van der Waals surface area contributed by atoms with Crippen molar-refractivity contribution in [2.24, 2.45) is 0 Å². The van der Waals surface area contributed by atoms with Crippen LogP contribution in [0.5, 0.6) is 5.75 Å². The third-order valence-corrected chi connectivity index (χ3v) is 3.17. The zero-order valence-corrected chi connectivity index (χ0v) is 11.6. The normalized spacial score (nSPS) is 12.2. The van der Waals surface area contributed by atoms with Crippen LogP contribution < -0.4 is 4.74 Å². The molecule has 2 aromatic rings. The molecule has 2 N–H and O–H groups in total. The molecule has 20 heavy (non-hydrogen) atoms. The zero-order chi connectivity index (χ0) is 14.9. The summed E-state index contributed by atoms with van der Waals surface area (Å²) < 4.78 is 5.16. The van der Waals surface area contributed by atoms with E-state index in [4.69, 9.17) is 4.74 Å². The van der Waals surface area contributed by atoms with Crippen molar-refractivity contribution in [2.75, 3.05) is 7.11 Å². The maximum absolute atomic E-state index is 12.3. The molecule has 4 nitrogen and oxygen atoms in total. The number of aromatic amines is 1. The molecule has 104 valence electrons. The van der Waals surface area contributed by atoms with E-state index in [0.717, 1.165) is 10.9 Å². The van der Waals surface area contributed by atoms with E-state index in [-0.39, 0.29) is 5.78 Å². The topological polar surface area (TPSA) is 62.3 Å². The third-order valence-electron chi connectivity index (χ3n) is 3.17. The van der Waals surface area contributed by atoms with Crippen molar-refractivity contribution in [3.63, 3.8) is 0 Å². The summed E-state index contributed by atoms with van der Waals surface area (Å²) >= 11 is 0. The predicted octanol–water partition coefficient (Wildman–Crippen LogP) is 3.15. The van der Waals surface area contributed by atoms with Crippen LogP contribution in [0.15, 0.2) is 43.0 Å². The van der Waals surface area contributed by atoms with Gasteiger partial charge in [-0.25, -0.2) is 0 Å². The van der Waals surface area contributed by atoms with Gasteiger partial charge in [-0.15, -0.1) is 6.58 Å². The number of nitrogens with one attached hydrogen (secondary N) is 1. The molecule has 1 aromatic heterocycles. The van der Waals surface area contributed by atoms with E-state index in [9.17, 15) is 9.90 Å². The first-order chi connectivity index (χ1) is 9.49. The Morgan fingerprint density at radius 1 is 1.50 bits per heavy atom. The maximum Gasteiger partial charge on any atom is 0.190 e. The second-order valence-electron chi connectivity index (χ2n) is 4.62. The highest BCUT2D eigenvalue weighted by Gasteiger charge is 2.22. The Balaban J connectivity index is 2.76. The number of H-pyrrole nitrogens is 1. The van der Waals surface area contributed by atoms with Crippen LogP contribution in [0.4, 0.5) is 0 Å². The smallest absolute Gasteiger partial charge is 0.190 e. The Hall–Kier alpha value is -2.33. The van der Waals surface area contributed by atoms with Crippen LogP contribution in [0.25, 0.3) is 10.9 Å². The minimum Gasteiger partial charge on any atom is -0.497 e. The van der Waals surface area contributed by atoms with Gasteiger partial charge in [0.2, 0.25) is 0 Å². The van der Waals surface area contributed by atoms with Crippen molar-refractivity contribution in [1.29, 1.82) is 0 Å². The first-order valence-corrected chi connectivity index (χ1v) is 6.20. The number of fused-ring (bicyclic) bond motifs is 1. The summed E-state index contributed by atoms with van der Waals surface area (Å²) in [6.07, 6.45) is 0.434. The zero-order valence-electron chi connectivity index (χ0n) is 11.6. The van der Waals surface area contributed by atoms with Gasteiger partial charge in [0.1, 0.15) is 11.9 Å². The third kappa shape index (κ3) is 2.26. The molecule has 0 spiro atoms. The molecule has 0 saturated heterocycles. The van der Waals surface area contributed by atoms with Gasteiger partial charge in [0, 0.05) is 11.5 Å². The minimum absolute atomic E-state index is 0.197. The fraction of sp³-hybridized carbons (Fsp3) is 0.188. The number of ketones is 1. The fourth-order valence-corrected chi connectivity index (χ4v) is 2.12. The number of methoxy groups -OCH3 is 1. The largest absolute Gasteiger partial charge is 0.497 e. The molecule has 0 amide bonds. The summed E-state index contributed by atoms with van der Waals surface area (Å²) in [6.45, 7) is 8.89. The predicted molar refractivity (Wildman–Crippen MR) is 79.2 cm³/mol. The fourth-order valence-electron chi connectivity index (χ4n) is 2.12. The van der Waals surface area contributed by atoms with Crippen LogP contribution in [0.2, 0.25) is 0 Å². The first-order valence-electron chi connectivity index (χ1n) is 6.20. The molecule has 1 atom stereocenters. The number of rotatable bonds is 5. The summed E-state index contributed by atoms with van der Waals surface area (Å²) in [6, 6.07) is 5.35.